The van der Waals surface area contributed by atoms with Crippen molar-refractivity contribution in [2.24, 2.45) is 7.05 Å². The number of aromatic nitrogens is 2. The Morgan fingerprint density at radius 3 is 2.61 bits per heavy atom. The highest BCUT2D eigenvalue weighted by molar-refractivity contribution is 7.90. The second-order valence-corrected chi connectivity index (χ2v) is 9.22. The van der Waals surface area contributed by atoms with Gasteiger partial charge in [-0.3, -0.25) is 4.79 Å². The molecule has 2 aromatic heterocycles. The minimum Gasteiger partial charge on any atom is -0.333 e. The Labute approximate surface area is 170 Å². The number of thiophene rings is 1. The van der Waals surface area contributed by atoms with Crippen LogP contribution in [0.25, 0.3) is 20.8 Å². The topological polar surface area (TPSA) is 81.1 Å². The van der Waals surface area contributed by atoms with Crippen molar-refractivity contribution < 1.29 is 13.2 Å². The first-order valence-electron chi connectivity index (χ1n) is 8.19. The van der Waals surface area contributed by atoms with Gasteiger partial charge in [0.1, 0.15) is 10.6 Å². The summed E-state index contributed by atoms with van der Waals surface area (Å²) in [6.45, 7) is 0. The van der Waals surface area contributed by atoms with E-state index in [0.717, 1.165) is 15.0 Å². The fraction of sp³-hybridized carbons (Fsp3) is 0.0526. The fourth-order valence-corrected chi connectivity index (χ4v) is 5.37. The van der Waals surface area contributed by atoms with E-state index in [4.69, 9.17) is 11.6 Å². The highest BCUT2D eigenvalue weighted by Gasteiger charge is 2.23. The van der Waals surface area contributed by atoms with Crippen LogP contribution >= 0.6 is 22.9 Å². The minimum atomic E-state index is -4.11. The van der Waals surface area contributed by atoms with Gasteiger partial charge >= 0.3 is 0 Å². The van der Waals surface area contributed by atoms with Crippen LogP contribution in [-0.2, 0) is 17.1 Å². The molecule has 0 unspecified atom stereocenters. The van der Waals surface area contributed by atoms with E-state index in [1.807, 2.05) is 35.1 Å². The van der Waals surface area contributed by atoms with E-state index in [-0.39, 0.29) is 15.6 Å². The van der Waals surface area contributed by atoms with Crippen molar-refractivity contribution in [1.82, 2.24) is 14.3 Å². The fourth-order valence-electron chi connectivity index (χ4n) is 2.79. The predicted molar refractivity (Wildman–Crippen MR) is 110 cm³/mol. The maximum atomic E-state index is 12.5. The van der Waals surface area contributed by atoms with Crippen molar-refractivity contribution in [1.29, 1.82) is 0 Å². The van der Waals surface area contributed by atoms with Gasteiger partial charge in [0, 0.05) is 17.9 Å². The Kier molecular flexibility index (Phi) is 4.70. The van der Waals surface area contributed by atoms with Crippen LogP contribution in [0.1, 0.15) is 10.5 Å². The monoisotopic (exact) mass is 431 g/mol. The number of nitrogens with zero attached hydrogens (tertiary/aromatic N) is 2. The SMILES string of the molecule is Cn1cc(C(=O)NS(=O)(=O)c2ccccc2Cl)nc1-c1cc2ccccc2s1. The van der Waals surface area contributed by atoms with Crippen LogP contribution in [0.2, 0.25) is 5.02 Å². The van der Waals surface area contributed by atoms with Crippen molar-refractivity contribution in [2.75, 3.05) is 0 Å². The maximum absolute atomic E-state index is 12.5. The molecule has 142 valence electrons. The molecule has 0 radical (unpaired) electrons. The van der Waals surface area contributed by atoms with Gasteiger partial charge in [-0.25, -0.2) is 18.1 Å². The molecule has 0 fully saturated rings. The Bertz CT molecular complexity index is 1280. The molecule has 0 aliphatic carbocycles. The van der Waals surface area contributed by atoms with Gasteiger partial charge in [0.05, 0.1) is 9.90 Å². The third-order valence-corrected chi connectivity index (χ3v) is 7.05. The maximum Gasteiger partial charge on any atom is 0.285 e. The van der Waals surface area contributed by atoms with Gasteiger partial charge < -0.3 is 4.57 Å². The first-order valence-corrected chi connectivity index (χ1v) is 10.9. The predicted octanol–water partition coefficient (Wildman–Crippen LogP) is 4.07. The zero-order valence-corrected chi connectivity index (χ0v) is 17.0. The van der Waals surface area contributed by atoms with Crippen LogP contribution in [0.15, 0.2) is 65.7 Å². The molecule has 0 aliphatic rings. The van der Waals surface area contributed by atoms with Gasteiger partial charge in [0.2, 0.25) is 0 Å². The van der Waals surface area contributed by atoms with Crippen LogP contribution in [0.5, 0.6) is 0 Å². The molecule has 0 spiro atoms. The van der Waals surface area contributed by atoms with Crippen molar-refractivity contribution in [3.63, 3.8) is 0 Å². The lowest BCUT2D eigenvalue weighted by atomic mass is 10.2. The quantitative estimate of drug-likeness (QED) is 0.528. The van der Waals surface area contributed by atoms with Crippen LogP contribution in [0.3, 0.4) is 0 Å². The molecule has 2 heterocycles. The largest absolute Gasteiger partial charge is 0.333 e. The number of halogens is 1. The van der Waals surface area contributed by atoms with Gasteiger partial charge in [-0.2, -0.15) is 0 Å². The number of carbonyl (C=O) groups is 1. The molecule has 4 aromatic rings. The molecular weight excluding hydrogens is 418 g/mol. The Morgan fingerprint density at radius 1 is 1.14 bits per heavy atom. The van der Waals surface area contributed by atoms with E-state index < -0.39 is 15.9 Å². The minimum absolute atomic E-state index is 0.00517. The zero-order valence-electron chi connectivity index (χ0n) is 14.6. The molecule has 6 nitrogen and oxygen atoms in total. The molecule has 0 saturated carbocycles. The third kappa shape index (κ3) is 3.42. The molecule has 0 bridgehead atoms. The summed E-state index contributed by atoms with van der Waals surface area (Å²) in [5.41, 5.74) is 0.00517. The number of benzene rings is 2. The summed E-state index contributed by atoms with van der Waals surface area (Å²) in [7, 11) is -2.35. The van der Waals surface area contributed by atoms with E-state index in [1.54, 1.807) is 29.0 Å². The van der Waals surface area contributed by atoms with Crippen molar-refractivity contribution in [3.05, 3.63) is 71.5 Å². The zero-order chi connectivity index (χ0) is 19.9. The number of imidazole rings is 1. The van der Waals surface area contributed by atoms with Crippen LogP contribution in [0.4, 0.5) is 0 Å². The number of carbonyl (C=O) groups excluding carboxylic acids is 1. The van der Waals surface area contributed by atoms with Crippen LogP contribution < -0.4 is 4.72 Å². The molecule has 9 heteroatoms. The van der Waals surface area contributed by atoms with Gasteiger partial charge in [-0.05, 0) is 29.7 Å². The molecule has 28 heavy (non-hydrogen) atoms. The average Bonchev–Trinajstić information content (AvgIpc) is 3.24. The normalized spacial score (nSPS) is 11.6. The van der Waals surface area contributed by atoms with Crippen LogP contribution in [0, 0.1) is 0 Å². The number of aryl methyl sites for hydroxylation is 1. The lowest BCUT2D eigenvalue weighted by Crippen LogP contribution is -2.31. The molecule has 0 atom stereocenters. The first kappa shape index (κ1) is 18.7. The number of rotatable bonds is 4. The second kappa shape index (κ2) is 7.05. The van der Waals surface area contributed by atoms with E-state index in [1.165, 1.54) is 24.4 Å². The highest BCUT2D eigenvalue weighted by Crippen LogP contribution is 2.32. The lowest BCUT2D eigenvalue weighted by Gasteiger charge is -2.06. The number of hydrogen-bond donors (Lipinski definition) is 1. The smallest absolute Gasteiger partial charge is 0.285 e. The van der Waals surface area contributed by atoms with Gasteiger partial charge in [0.25, 0.3) is 15.9 Å². The summed E-state index contributed by atoms with van der Waals surface area (Å²) in [5, 5.41) is 1.12. The first-order chi connectivity index (χ1) is 13.3. The summed E-state index contributed by atoms with van der Waals surface area (Å²) in [6, 6.07) is 15.8. The van der Waals surface area contributed by atoms with Gasteiger partial charge in [0.15, 0.2) is 5.82 Å². The van der Waals surface area contributed by atoms with E-state index in [9.17, 15) is 13.2 Å². The number of hydrogen-bond acceptors (Lipinski definition) is 5. The van der Waals surface area contributed by atoms with Crippen LogP contribution in [-0.4, -0.2) is 23.9 Å². The number of fused-ring (bicyclic) bond motifs is 1. The molecular formula is C19H14ClN3O3S2. The summed E-state index contributed by atoms with van der Waals surface area (Å²) < 4.78 is 29.8. The Balaban J connectivity index is 1.64. The highest BCUT2D eigenvalue weighted by atomic mass is 35.5. The Hall–Kier alpha value is -2.68. The van der Waals surface area contributed by atoms with Crippen molar-refractivity contribution in [2.45, 2.75) is 4.90 Å². The Morgan fingerprint density at radius 2 is 1.86 bits per heavy atom. The van der Waals surface area contributed by atoms with Gasteiger partial charge in [-0.15, -0.1) is 11.3 Å². The van der Waals surface area contributed by atoms with Crippen molar-refractivity contribution >= 4 is 49.0 Å². The number of amides is 1. The summed E-state index contributed by atoms with van der Waals surface area (Å²) in [4.78, 5) is 17.6. The molecule has 2 aromatic carbocycles. The average molecular weight is 432 g/mol. The second-order valence-electron chi connectivity index (χ2n) is 6.07. The van der Waals surface area contributed by atoms with E-state index in [0.29, 0.717) is 5.82 Å². The third-order valence-electron chi connectivity index (χ3n) is 4.11. The number of nitrogens with one attached hydrogen (secondary N) is 1. The molecule has 1 amide bonds. The molecule has 1 N–H and O–H groups in total. The molecule has 4 rings (SSSR count). The summed E-state index contributed by atoms with van der Waals surface area (Å²) >= 11 is 7.49. The number of sulfonamides is 1. The molecule has 0 saturated heterocycles. The van der Waals surface area contributed by atoms with Gasteiger partial charge in [-0.1, -0.05) is 41.9 Å². The summed E-state index contributed by atoms with van der Waals surface area (Å²) in [6.07, 6.45) is 1.50. The lowest BCUT2D eigenvalue weighted by molar-refractivity contribution is 0.0977. The summed E-state index contributed by atoms with van der Waals surface area (Å²) in [5.74, 6) is -0.232. The molecule has 0 aliphatic heterocycles. The van der Waals surface area contributed by atoms with Crippen molar-refractivity contribution in [3.8, 4) is 10.7 Å². The standard InChI is InChI=1S/C19H14ClN3O3S2/c1-23-11-14(19(24)22-28(25,26)17-9-5-3-7-13(17)20)21-18(23)16-10-12-6-2-4-8-15(12)27-16/h2-11H,1H3,(H,22,24). The van der Waals surface area contributed by atoms with E-state index >= 15 is 0 Å². The van der Waals surface area contributed by atoms with E-state index in [2.05, 4.69) is 4.98 Å².